The van der Waals surface area contributed by atoms with Crippen LogP contribution in [-0.2, 0) is 16.2 Å². The minimum absolute atomic E-state index is 0.00524. The zero-order valence-electron chi connectivity index (χ0n) is 18.5. The molecular formula is C25H23FN6O2. The molecule has 0 bridgehead atoms. The molecule has 3 aromatic rings. The van der Waals surface area contributed by atoms with E-state index in [0.29, 0.717) is 42.1 Å². The van der Waals surface area contributed by atoms with Crippen molar-refractivity contribution in [3.8, 4) is 12.1 Å². The predicted octanol–water partition coefficient (Wildman–Crippen LogP) is 4.03. The summed E-state index contributed by atoms with van der Waals surface area (Å²) in [6.45, 7) is 1.15. The van der Waals surface area contributed by atoms with Gasteiger partial charge in [0.25, 0.3) is 0 Å². The lowest BCUT2D eigenvalue weighted by Gasteiger charge is -2.32. The monoisotopic (exact) mass is 458 g/mol. The molecule has 1 saturated carbocycles. The molecule has 3 heterocycles. The molecule has 172 valence electrons. The molecule has 0 N–H and O–H groups in total. The summed E-state index contributed by atoms with van der Waals surface area (Å²) in [7, 11) is 0. The molecule has 0 unspecified atom stereocenters. The Bertz CT molecular complexity index is 1320. The number of benzene rings is 1. The fourth-order valence-electron chi connectivity index (χ4n) is 5.05. The number of imidazole rings is 1. The molecule has 0 spiro atoms. The van der Waals surface area contributed by atoms with Crippen LogP contribution in [0.2, 0.25) is 0 Å². The molecule has 1 atom stereocenters. The number of carbonyl (C=O) groups is 1. The highest BCUT2D eigenvalue weighted by molar-refractivity contribution is 5.79. The molecular weight excluding hydrogens is 435 g/mol. The molecule has 5 rings (SSSR count). The van der Waals surface area contributed by atoms with Crippen molar-refractivity contribution in [2.75, 3.05) is 6.61 Å². The van der Waals surface area contributed by atoms with Crippen LogP contribution < -0.4 is 0 Å². The fourth-order valence-corrected chi connectivity index (χ4v) is 5.05. The molecule has 1 aliphatic heterocycles. The number of nitrogens with zero attached hydrogens (tertiary/aromatic N) is 6. The lowest BCUT2D eigenvalue weighted by Crippen LogP contribution is -2.37. The van der Waals surface area contributed by atoms with Gasteiger partial charge >= 0.3 is 0 Å². The van der Waals surface area contributed by atoms with Gasteiger partial charge in [-0.25, -0.2) is 14.4 Å². The second-order valence-electron chi connectivity index (χ2n) is 8.97. The van der Waals surface area contributed by atoms with Gasteiger partial charge in [-0.3, -0.25) is 14.6 Å². The van der Waals surface area contributed by atoms with Gasteiger partial charge < -0.3 is 4.57 Å². The first-order chi connectivity index (χ1) is 16.6. The maximum atomic E-state index is 14.1. The number of halogens is 1. The smallest absolute Gasteiger partial charge is 0.249 e. The van der Waals surface area contributed by atoms with Crippen molar-refractivity contribution < 1.29 is 14.0 Å². The zero-order chi connectivity index (χ0) is 23.7. The Hall–Kier alpha value is -3.82. The zero-order valence-corrected chi connectivity index (χ0v) is 18.5. The quantitative estimate of drug-likeness (QED) is 0.584. The summed E-state index contributed by atoms with van der Waals surface area (Å²) in [6, 6.07) is 8.33. The number of hydrogen-bond acceptors (Lipinski definition) is 6. The summed E-state index contributed by atoms with van der Waals surface area (Å²) >= 11 is 0. The van der Waals surface area contributed by atoms with E-state index in [1.165, 1.54) is 23.4 Å². The van der Waals surface area contributed by atoms with Crippen molar-refractivity contribution in [3.63, 3.8) is 0 Å². The van der Waals surface area contributed by atoms with Crippen molar-refractivity contribution in [1.82, 2.24) is 19.6 Å². The lowest BCUT2D eigenvalue weighted by molar-refractivity contribution is -0.183. The van der Waals surface area contributed by atoms with Gasteiger partial charge in [0, 0.05) is 37.3 Å². The summed E-state index contributed by atoms with van der Waals surface area (Å²) in [5.41, 5.74) is 2.56. The fraction of sp³-hybridized carbons (Fsp3) is 0.400. The largest absolute Gasteiger partial charge is 0.330 e. The van der Waals surface area contributed by atoms with Crippen LogP contribution in [0.25, 0.3) is 11.0 Å². The second-order valence-corrected chi connectivity index (χ2v) is 8.97. The van der Waals surface area contributed by atoms with Crippen LogP contribution in [-0.4, -0.2) is 32.1 Å². The average Bonchev–Trinajstić information content (AvgIpc) is 3.51. The maximum absolute atomic E-state index is 14.1. The molecule has 1 aliphatic carbocycles. The van der Waals surface area contributed by atoms with Crippen LogP contribution in [0, 0.1) is 40.3 Å². The predicted molar refractivity (Wildman–Crippen MR) is 119 cm³/mol. The van der Waals surface area contributed by atoms with E-state index in [9.17, 15) is 9.18 Å². The third-order valence-corrected chi connectivity index (χ3v) is 6.88. The first-order valence-electron chi connectivity index (χ1n) is 11.4. The molecule has 2 aromatic heterocycles. The molecule has 2 fully saturated rings. The third-order valence-electron chi connectivity index (χ3n) is 6.88. The summed E-state index contributed by atoms with van der Waals surface area (Å²) in [5.74, 6) is -0.310. The minimum Gasteiger partial charge on any atom is -0.330 e. The van der Waals surface area contributed by atoms with Gasteiger partial charge in [-0.05, 0) is 49.3 Å². The first-order valence-corrected chi connectivity index (χ1v) is 11.4. The molecule has 2 aliphatic rings. The van der Waals surface area contributed by atoms with E-state index in [1.54, 1.807) is 18.6 Å². The Morgan fingerprint density at radius 2 is 1.94 bits per heavy atom. The number of fused-ring (bicyclic) bond motifs is 1. The molecule has 1 saturated heterocycles. The van der Waals surface area contributed by atoms with Gasteiger partial charge in [-0.15, -0.1) is 0 Å². The third kappa shape index (κ3) is 4.11. The Morgan fingerprint density at radius 1 is 1.12 bits per heavy atom. The van der Waals surface area contributed by atoms with Gasteiger partial charge in [0.05, 0.1) is 41.1 Å². The Kier molecular flexibility index (Phi) is 5.95. The first kappa shape index (κ1) is 22.0. The summed E-state index contributed by atoms with van der Waals surface area (Å²) in [4.78, 5) is 27.4. The van der Waals surface area contributed by atoms with Crippen LogP contribution in [0.5, 0.6) is 0 Å². The van der Waals surface area contributed by atoms with E-state index in [1.807, 2.05) is 10.6 Å². The van der Waals surface area contributed by atoms with E-state index in [2.05, 4.69) is 16.0 Å². The summed E-state index contributed by atoms with van der Waals surface area (Å²) in [6.07, 6.45) is 8.82. The van der Waals surface area contributed by atoms with Crippen LogP contribution in [0.1, 0.15) is 54.8 Å². The van der Waals surface area contributed by atoms with E-state index < -0.39 is 5.82 Å². The van der Waals surface area contributed by atoms with E-state index in [0.717, 1.165) is 31.2 Å². The number of aromatic nitrogens is 3. The maximum Gasteiger partial charge on any atom is 0.249 e. The Balaban J connectivity index is 1.23. The van der Waals surface area contributed by atoms with Gasteiger partial charge in [0.15, 0.2) is 0 Å². The highest BCUT2D eigenvalue weighted by atomic mass is 19.1. The van der Waals surface area contributed by atoms with E-state index >= 15 is 0 Å². The van der Waals surface area contributed by atoms with Gasteiger partial charge in [-0.1, -0.05) is 0 Å². The SMILES string of the molecule is N#Cc1cncc([C@@H]2CCON2C(=O)[C@H]2CC[C@H](Cn3cnc4cc(C#N)c(F)cc43)CC2)c1. The Labute approximate surface area is 196 Å². The lowest BCUT2D eigenvalue weighted by atomic mass is 9.81. The minimum atomic E-state index is -0.540. The molecule has 1 aromatic carbocycles. The average molecular weight is 458 g/mol. The molecule has 34 heavy (non-hydrogen) atoms. The van der Waals surface area contributed by atoms with Gasteiger partial charge in [0.1, 0.15) is 18.0 Å². The second kappa shape index (κ2) is 9.20. The van der Waals surface area contributed by atoms with Crippen LogP contribution in [0.4, 0.5) is 4.39 Å². The number of carbonyl (C=O) groups excluding carboxylic acids is 1. The highest BCUT2D eigenvalue weighted by Crippen LogP contribution is 2.37. The van der Waals surface area contributed by atoms with Crippen molar-refractivity contribution in [2.24, 2.45) is 11.8 Å². The summed E-state index contributed by atoms with van der Waals surface area (Å²) in [5, 5.41) is 19.7. The van der Waals surface area contributed by atoms with Crippen molar-refractivity contribution in [3.05, 3.63) is 59.4 Å². The van der Waals surface area contributed by atoms with Crippen molar-refractivity contribution in [1.29, 1.82) is 10.5 Å². The van der Waals surface area contributed by atoms with Gasteiger partial charge in [0.2, 0.25) is 5.91 Å². The molecule has 8 nitrogen and oxygen atoms in total. The number of hydrogen-bond donors (Lipinski definition) is 0. The number of rotatable bonds is 4. The number of pyridine rings is 1. The van der Waals surface area contributed by atoms with E-state index in [-0.39, 0.29) is 23.4 Å². The molecule has 9 heteroatoms. The standard InChI is InChI=1S/C25H23FN6O2/c26-21-9-24-22(8-19(21)11-28)30-15-31(24)14-16-1-3-18(4-2-16)25(33)32-23(5-6-34-32)20-7-17(10-27)12-29-13-20/h7-9,12-13,15-16,18,23H,1-6,14H2/t16-,18-,23-/m0/s1. The van der Waals surface area contributed by atoms with Gasteiger partial charge in [-0.2, -0.15) is 10.5 Å². The van der Waals surface area contributed by atoms with Crippen molar-refractivity contribution >= 4 is 16.9 Å². The highest BCUT2D eigenvalue weighted by Gasteiger charge is 2.37. The molecule has 0 radical (unpaired) electrons. The normalized spacial score (nSPS) is 22.4. The number of amides is 1. The number of hydroxylamine groups is 2. The summed E-state index contributed by atoms with van der Waals surface area (Å²) < 4.78 is 16.0. The van der Waals surface area contributed by atoms with E-state index in [4.69, 9.17) is 15.4 Å². The topological polar surface area (TPSA) is 108 Å². The molecule has 1 amide bonds. The number of nitriles is 2. The van der Waals surface area contributed by atoms with Crippen LogP contribution >= 0.6 is 0 Å². The van der Waals surface area contributed by atoms with Crippen molar-refractivity contribution in [2.45, 2.75) is 44.7 Å². The Morgan fingerprint density at radius 3 is 2.71 bits per heavy atom. The van der Waals surface area contributed by atoms with Crippen LogP contribution in [0.15, 0.2) is 36.9 Å². The van der Waals surface area contributed by atoms with Crippen LogP contribution in [0.3, 0.4) is 0 Å².